The van der Waals surface area contributed by atoms with Crippen molar-refractivity contribution in [2.24, 2.45) is 0 Å². The molecule has 162 valence electrons. The standard InChI is InChI=1S/C26H26N4O2/c1-2-3-5-10-24-28-25(21-8-6-4-7-9-21)29-30(24)18-19-11-13-20(14-12-19)23-17-27-16-15-22(23)26(31)32/h4,6-9,11-17H,2-3,5,10,18H2,1H3,(H,31,32). The molecule has 0 radical (unpaired) electrons. The Hall–Kier alpha value is -3.80. The first-order chi connectivity index (χ1) is 15.7. The van der Waals surface area contributed by atoms with E-state index in [2.05, 4.69) is 11.9 Å². The number of carboxylic acid groups (broad SMARTS) is 1. The molecule has 4 rings (SSSR count). The van der Waals surface area contributed by atoms with Crippen molar-refractivity contribution in [2.45, 2.75) is 39.2 Å². The van der Waals surface area contributed by atoms with Gasteiger partial charge in [-0.25, -0.2) is 14.5 Å². The summed E-state index contributed by atoms with van der Waals surface area (Å²) in [6, 6.07) is 19.4. The van der Waals surface area contributed by atoms with Crippen molar-refractivity contribution in [1.29, 1.82) is 0 Å². The maximum atomic E-state index is 11.5. The fourth-order valence-electron chi connectivity index (χ4n) is 3.70. The molecule has 0 saturated carbocycles. The Kier molecular flexibility index (Phi) is 6.70. The fraction of sp³-hybridized carbons (Fsp3) is 0.231. The predicted octanol–water partition coefficient (Wildman–Crippen LogP) is 5.49. The van der Waals surface area contributed by atoms with Crippen molar-refractivity contribution in [3.05, 3.63) is 90.0 Å². The summed E-state index contributed by atoms with van der Waals surface area (Å²) < 4.78 is 1.99. The average molecular weight is 427 g/mol. The zero-order chi connectivity index (χ0) is 22.3. The first-order valence-electron chi connectivity index (χ1n) is 10.9. The lowest BCUT2D eigenvalue weighted by Gasteiger charge is -2.09. The van der Waals surface area contributed by atoms with Gasteiger partial charge >= 0.3 is 5.97 Å². The van der Waals surface area contributed by atoms with Gasteiger partial charge in [-0.2, -0.15) is 5.10 Å². The number of aromatic nitrogens is 4. The minimum absolute atomic E-state index is 0.245. The molecule has 2 aromatic carbocycles. The fourth-order valence-corrected chi connectivity index (χ4v) is 3.70. The van der Waals surface area contributed by atoms with Gasteiger partial charge in [-0.05, 0) is 23.6 Å². The van der Waals surface area contributed by atoms with Gasteiger partial charge in [0, 0.05) is 29.9 Å². The lowest BCUT2D eigenvalue weighted by Crippen LogP contribution is -2.07. The summed E-state index contributed by atoms with van der Waals surface area (Å²) in [7, 11) is 0. The lowest BCUT2D eigenvalue weighted by molar-refractivity contribution is 0.0697. The number of benzene rings is 2. The molecular weight excluding hydrogens is 400 g/mol. The zero-order valence-corrected chi connectivity index (χ0v) is 18.1. The maximum absolute atomic E-state index is 11.5. The smallest absolute Gasteiger partial charge is 0.336 e. The average Bonchev–Trinajstić information content (AvgIpc) is 3.23. The highest BCUT2D eigenvalue weighted by Crippen LogP contribution is 2.24. The van der Waals surface area contributed by atoms with Gasteiger partial charge in [0.1, 0.15) is 5.82 Å². The molecule has 2 aromatic heterocycles. The van der Waals surface area contributed by atoms with Gasteiger partial charge in [0.05, 0.1) is 12.1 Å². The summed E-state index contributed by atoms with van der Waals surface area (Å²) in [5.74, 6) is 0.774. The zero-order valence-electron chi connectivity index (χ0n) is 18.1. The topological polar surface area (TPSA) is 80.9 Å². The molecule has 0 atom stereocenters. The van der Waals surface area contributed by atoms with Crippen LogP contribution in [0.1, 0.15) is 47.9 Å². The first kappa shape index (κ1) is 21.4. The van der Waals surface area contributed by atoms with Gasteiger partial charge in [-0.3, -0.25) is 4.98 Å². The Labute approximate surface area is 187 Å². The van der Waals surface area contributed by atoms with E-state index in [1.54, 1.807) is 6.20 Å². The van der Waals surface area contributed by atoms with Crippen LogP contribution in [0.25, 0.3) is 22.5 Å². The Morgan fingerprint density at radius 1 is 0.969 bits per heavy atom. The maximum Gasteiger partial charge on any atom is 0.336 e. The molecule has 0 aliphatic heterocycles. The second-order valence-corrected chi connectivity index (χ2v) is 7.76. The van der Waals surface area contributed by atoms with E-state index < -0.39 is 5.97 Å². The third kappa shape index (κ3) is 4.91. The number of aromatic carboxylic acids is 1. The highest BCUT2D eigenvalue weighted by Gasteiger charge is 2.14. The van der Waals surface area contributed by atoms with Gasteiger partial charge in [-0.1, -0.05) is 74.4 Å². The molecular formula is C26H26N4O2. The molecule has 4 aromatic rings. The SMILES string of the molecule is CCCCCc1nc(-c2ccccc2)nn1Cc1ccc(-c2cnccc2C(=O)O)cc1. The van der Waals surface area contributed by atoms with Crippen LogP contribution in [0.15, 0.2) is 73.1 Å². The van der Waals surface area contributed by atoms with Gasteiger partial charge < -0.3 is 5.11 Å². The van der Waals surface area contributed by atoms with Crippen LogP contribution in [0.3, 0.4) is 0 Å². The normalized spacial score (nSPS) is 10.9. The van der Waals surface area contributed by atoms with E-state index >= 15 is 0 Å². The van der Waals surface area contributed by atoms with Crippen LogP contribution in [-0.2, 0) is 13.0 Å². The number of aryl methyl sites for hydroxylation is 1. The number of hydrogen-bond acceptors (Lipinski definition) is 4. The number of carbonyl (C=O) groups is 1. The molecule has 0 spiro atoms. The molecule has 2 heterocycles. The molecule has 0 aliphatic rings. The van der Waals surface area contributed by atoms with E-state index in [4.69, 9.17) is 10.1 Å². The number of unbranched alkanes of at least 4 members (excludes halogenated alkanes) is 2. The number of hydrogen-bond donors (Lipinski definition) is 1. The third-order valence-electron chi connectivity index (χ3n) is 5.43. The predicted molar refractivity (Wildman–Crippen MR) is 124 cm³/mol. The molecule has 0 unspecified atom stereocenters. The van der Waals surface area contributed by atoms with Crippen LogP contribution in [0.5, 0.6) is 0 Å². The van der Waals surface area contributed by atoms with E-state index in [0.717, 1.165) is 47.6 Å². The van der Waals surface area contributed by atoms with Crippen molar-refractivity contribution in [3.8, 4) is 22.5 Å². The molecule has 0 fully saturated rings. The van der Waals surface area contributed by atoms with E-state index in [9.17, 15) is 9.90 Å². The number of pyridine rings is 1. The third-order valence-corrected chi connectivity index (χ3v) is 5.43. The van der Waals surface area contributed by atoms with Crippen LogP contribution in [0, 0.1) is 0 Å². The molecule has 6 nitrogen and oxygen atoms in total. The minimum atomic E-state index is -0.959. The van der Waals surface area contributed by atoms with Crippen LogP contribution in [0.2, 0.25) is 0 Å². The van der Waals surface area contributed by atoms with Crippen LogP contribution in [0.4, 0.5) is 0 Å². The van der Waals surface area contributed by atoms with Gasteiger partial charge in [0.25, 0.3) is 0 Å². The number of rotatable bonds is 9. The largest absolute Gasteiger partial charge is 0.478 e. The Balaban J connectivity index is 1.59. The van der Waals surface area contributed by atoms with Crippen molar-refractivity contribution >= 4 is 5.97 Å². The second kappa shape index (κ2) is 10.0. The second-order valence-electron chi connectivity index (χ2n) is 7.76. The summed E-state index contributed by atoms with van der Waals surface area (Å²) in [5.41, 5.74) is 3.77. The highest BCUT2D eigenvalue weighted by molar-refractivity contribution is 5.95. The summed E-state index contributed by atoms with van der Waals surface area (Å²) in [6.45, 7) is 2.81. The van der Waals surface area contributed by atoms with Gasteiger partial charge in [0.15, 0.2) is 5.82 Å². The monoisotopic (exact) mass is 426 g/mol. The number of carboxylic acids is 1. The lowest BCUT2D eigenvalue weighted by atomic mass is 10.0. The minimum Gasteiger partial charge on any atom is -0.478 e. The van der Waals surface area contributed by atoms with Crippen LogP contribution >= 0.6 is 0 Å². The summed E-state index contributed by atoms with van der Waals surface area (Å²) in [6.07, 6.45) is 7.39. The van der Waals surface area contributed by atoms with Gasteiger partial charge in [-0.15, -0.1) is 0 Å². The quantitative estimate of drug-likeness (QED) is 0.358. The summed E-state index contributed by atoms with van der Waals surface area (Å²) >= 11 is 0. The summed E-state index contributed by atoms with van der Waals surface area (Å²) in [4.78, 5) is 20.4. The van der Waals surface area contributed by atoms with E-state index in [0.29, 0.717) is 12.1 Å². The van der Waals surface area contributed by atoms with E-state index in [1.165, 1.54) is 18.7 Å². The van der Waals surface area contributed by atoms with E-state index in [-0.39, 0.29) is 5.56 Å². The van der Waals surface area contributed by atoms with E-state index in [1.807, 2.05) is 59.3 Å². The molecule has 32 heavy (non-hydrogen) atoms. The molecule has 0 saturated heterocycles. The molecule has 1 N–H and O–H groups in total. The van der Waals surface area contributed by atoms with Crippen molar-refractivity contribution < 1.29 is 9.90 Å². The van der Waals surface area contributed by atoms with Crippen LogP contribution < -0.4 is 0 Å². The Morgan fingerprint density at radius 2 is 1.75 bits per heavy atom. The Morgan fingerprint density at radius 3 is 2.47 bits per heavy atom. The first-order valence-corrected chi connectivity index (χ1v) is 10.9. The molecule has 0 aliphatic carbocycles. The summed E-state index contributed by atoms with van der Waals surface area (Å²) in [5, 5.41) is 14.2. The van der Waals surface area contributed by atoms with Crippen molar-refractivity contribution in [2.75, 3.05) is 0 Å². The van der Waals surface area contributed by atoms with Crippen molar-refractivity contribution in [1.82, 2.24) is 19.7 Å². The molecule has 6 heteroatoms. The molecule has 0 amide bonds. The highest BCUT2D eigenvalue weighted by atomic mass is 16.4. The molecule has 0 bridgehead atoms. The number of nitrogens with zero attached hydrogens (tertiary/aromatic N) is 4. The van der Waals surface area contributed by atoms with Gasteiger partial charge in [0.2, 0.25) is 0 Å². The Bertz CT molecular complexity index is 1180. The van der Waals surface area contributed by atoms with Crippen LogP contribution in [-0.4, -0.2) is 30.8 Å². The van der Waals surface area contributed by atoms with Crippen molar-refractivity contribution in [3.63, 3.8) is 0 Å².